The van der Waals surface area contributed by atoms with Crippen LogP contribution in [0.3, 0.4) is 0 Å². The van der Waals surface area contributed by atoms with Crippen molar-refractivity contribution in [3.8, 4) is 5.75 Å². The van der Waals surface area contributed by atoms with Gasteiger partial charge >= 0.3 is 0 Å². The van der Waals surface area contributed by atoms with Gasteiger partial charge in [0.2, 0.25) is 5.96 Å². The molecule has 0 bridgehead atoms. The van der Waals surface area contributed by atoms with Gasteiger partial charge in [-0.3, -0.25) is 15.1 Å². The van der Waals surface area contributed by atoms with Gasteiger partial charge in [0.05, 0.1) is 20.3 Å². The minimum atomic E-state index is -0.991. The molecule has 1 aliphatic carbocycles. The smallest absolute Gasteiger partial charge is 0.264 e. The summed E-state index contributed by atoms with van der Waals surface area (Å²) >= 11 is 0. The summed E-state index contributed by atoms with van der Waals surface area (Å²) in [5, 5.41) is 8.45. The Bertz CT molecular complexity index is 870. The lowest BCUT2D eigenvalue weighted by Crippen LogP contribution is -2.65. The van der Waals surface area contributed by atoms with Crippen LogP contribution < -0.4 is 4.74 Å². The van der Waals surface area contributed by atoms with Gasteiger partial charge in [0.25, 0.3) is 5.91 Å². The second kappa shape index (κ2) is 5.24. The standard InChI is InChI=1S/C19H19N3O3/c1-21-17(23)19(12-6-4-7-13(10-12)24-2)15-9-5-8-14(25-3)11-16(15)22(19)18(21)20/h4-11,16,20H,1-3H3. The van der Waals surface area contributed by atoms with E-state index < -0.39 is 5.54 Å². The first-order valence-electron chi connectivity index (χ1n) is 8.00. The molecule has 4 rings (SSSR count). The Morgan fingerprint density at radius 3 is 2.76 bits per heavy atom. The number of guanidine groups is 1. The van der Waals surface area contributed by atoms with Gasteiger partial charge < -0.3 is 14.4 Å². The Morgan fingerprint density at radius 1 is 1.24 bits per heavy atom. The number of carbonyl (C=O) groups excluding carboxylic acids is 1. The number of nitrogens with one attached hydrogen (secondary N) is 1. The molecule has 128 valence electrons. The van der Waals surface area contributed by atoms with Crippen molar-refractivity contribution in [3.05, 3.63) is 65.5 Å². The summed E-state index contributed by atoms with van der Waals surface area (Å²) in [5.41, 5.74) is 0.744. The van der Waals surface area contributed by atoms with Crippen molar-refractivity contribution < 1.29 is 14.3 Å². The second-order valence-electron chi connectivity index (χ2n) is 6.20. The first kappa shape index (κ1) is 15.5. The minimum absolute atomic E-state index is 0.129. The fraction of sp³-hybridized carbons (Fsp3) is 0.263. The molecule has 2 unspecified atom stereocenters. The van der Waals surface area contributed by atoms with Gasteiger partial charge in [-0.1, -0.05) is 24.3 Å². The minimum Gasteiger partial charge on any atom is -0.497 e. The van der Waals surface area contributed by atoms with E-state index in [0.29, 0.717) is 11.5 Å². The molecule has 1 N–H and O–H groups in total. The highest BCUT2D eigenvalue weighted by molar-refractivity contribution is 6.13. The van der Waals surface area contributed by atoms with Gasteiger partial charge in [0, 0.05) is 7.05 Å². The second-order valence-corrected chi connectivity index (χ2v) is 6.20. The molecule has 0 spiro atoms. The van der Waals surface area contributed by atoms with Crippen molar-refractivity contribution in [2.45, 2.75) is 11.6 Å². The van der Waals surface area contributed by atoms with E-state index in [1.54, 1.807) is 21.3 Å². The highest BCUT2D eigenvalue weighted by atomic mass is 16.5. The van der Waals surface area contributed by atoms with Gasteiger partial charge in [0.15, 0.2) is 5.54 Å². The van der Waals surface area contributed by atoms with Gasteiger partial charge in [-0.2, -0.15) is 0 Å². The monoisotopic (exact) mass is 337 g/mol. The highest BCUT2D eigenvalue weighted by Gasteiger charge is 2.68. The number of benzene rings is 1. The molecular formula is C19H19N3O3. The molecule has 25 heavy (non-hydrogen) atoms. The van der Waals surface area contributed by atoms with Crippen LogP contribution in [-0.4, -0.2) is 49.0 Å². The maximum atomic E-state index is 13.2. The summed E-state index contributed by atoms with van der Waals surface area (Å²) in [7, 11) is 4.86. The molecule has 1 amide bonds. The Kier molecular flexibility index (Phi) is 3.25. The zero-order valence-electron chi connectivity index (χ0n) is 14.3. The van der Waals surface area contributed by atoms with Crippen molar-refractivity contribution in [3.63, 3.8) is 0 Å². The molecule has 2 heterocycles. The van der Waals surface area contributed by atoms with E-state index >= 15 is 0 Å². The van der Waals surface area contributed by atoms with E-state index in [1.165, 1.54) is 4.90 Å². The summed E-state index contributed by atoms with van der Waals surface area (Å²) in [6, 6.07) is 7.31. The first-order valence-corrected chi connectivity index (χ1v) is 8.00. The van der Waals surface area contributed by atoms with Crippen molar-refractivity contribution in [1.29, 1.82) is 5.41 Å². The molecule has 2 fully saturated rings. The van der Waals surface area contributed by atoms with Crippen LogP contribution in [0.1, 0.15) is 5.56 Å². The average Bonchev–Trinajstić information content (AvgIpc) is 2.75. The number of allylic oxidation sites excluding steroid dienone is 3. The van der Waals surface area contributed by atoms with E-state index in [1.807, 2.05) is 53.5 Å². The topological polar surface area (TPSA) is 65.9 Å². The van der Waals surface area contributed by atoms with E-state index in [9.17, 15) is 4.79 Å². The normalized spacial score (nSPS) is 27.1. The molecule has 2 saturated heterocycles. The van der Waals surface area contributed by atoms with Gasteiger partial charge in [0.1, 0.15) is 11.5 Å². The number of carbonyl (C=O) groups is 1. The summed E-state index contributed by atoms with van der Waals surface area (Å²) in [5.74, 6) is 1.45. The number of likely N-dealkylation sites (N-methyl/N-ethyl adjacent to an activating group) is 1. The number of amides is 1. The Hall–Kier alpha value is -3.02. The SMILES string of the molecule is COC1=CC2C(=CC=C1)C1(c3cccc(OC)c3)C(=O)N(C)C(=N)N21. The number of methoxy groups -OCH3 is 2. The fourth-order valence-corrected chi connectivity index (χ4v) is 3.91. The van der Waals surface area contributed by atoms with Crippen LogP contribution in [0, 0.1) is 5.41 Å². The molecule has 6 nitrogen and oxygen atoms in total. The average molecular weight is 337 g/mol. The van der Waals surface area contributed by atoms with Gasteiger partial charge in [-0.25, -0.2) is 0 Å². The molecule has 2 atom stereocenters. The third-order valence-electron chi connectivity index (χ3n) is 5.12. The van der Waals surface area contributed by atoms with E-state index in [-0.39, 0.29) is 17.9 Å². The van der Waals surface area contributed by atoms with E-state index in [4.69, 9.17) is 14.9 Å². The lowest BCUT2D eigenvalue weighted by Gasteiger charge is -2.53. The molecular weight excluding hydrogens is 318 g/mol. The number of hydrogen-bond acceptors (Lipinski definition) is 4. The van der Waals surface area contributed by atoms with E-state index in [2.05, 4.69) is 0 Å². The van der Waals surface area contributed by atoms with Crippen molar-refractivity contribution >= 4 is 11.9 Å². The third-order valence-corrected chi connectivity index (χ3v) is 5.12. The summed E-state index contributed by atoms with van der Waals surface area (Å²) in [4.78, 5) is 16.4. The first-order chi connectivity index (χ1) is 12.1. The molecule has 0 aromatic heterocycles. The van der Waals surface area contributed by atoms with E-state index in [0.717, 1.165) is 11.1 Å². The summed E-state index contributed by atoms with van der Waals surface area (Å²) in [6.45, 7) is 0. The number of hydrogen-bond donors (Lipinski definition) is 1. The molecule has 1 aromatic carbocycles. The van der Waals surface area contributed by atoms with Crippen LogP contribution >= 0.6 is 0 Å². The van der Waals surface area contributed by atoms with Crippen molar-refractivity contribution in [2.24, 2.45) is 0 Å². The summed E-state index contributed by atoms with van der Waals surface area (Å²) < 4.78 is 10.7. The number of rotatable bonds is 3. The quantitative estimate of drug-likeness (QED) is 0.916. The zero-order valence-corrected chi connectivity index (χ0v) is 14.3. The molecule has 2 aliphatic heterocycles. The lowest BCUT2D eigenvalue weighted by atomic mass is 9.69. The third kappa shape index (κ3) is 1.79. The predicted octanol–water partition coefficient (Wildman–Crippen LogP) is 2.01. The molecule has 0 radical (unpaired) electrons. The van der Waals surface area contributed by atoms with Gasteiger partial charge in [-0.15, -0.1) is 0 Å². The van der Waals surface area contributed by atoms with Crippen molar-refractivity contribution in [1.82, 2.24) is 9.80 Å². The van der Waals surface area contributed by atoms with Crippen LogP contribution in [0.25, 0.3) is 0 Å². The molecule has 3 aliphatic rings. The van der Waals surface area contributed by atoms with Gasteiger partial charge in [-0.05, 0) is 35.4 Å². The predicted molar refractivity (Wildman–Crippen MR) is 93.1 cm³/mol. The van der Waals surface area contributed by atoms with Crippen LogP contribution in [0.5, 0.6) is 5.75 Å². The molecule has 6 heteroatoms. The Morgan fingerprint density at radius 2 is 2.04 bits per heavy atom. The van der Waals surface area contributed by atoms with Crippen LogP contribution in [0.15, 0.2) is 59.9 Å². The fourth-order valence-electron chi connectivity index (χ4n) is 3.91. The zero-order chi connectivity index (χ0) is 17.8. The highest BCUT2D eigenvalue weighted by Crippen LogP contribution is 2.55. The maximum Gasteiger partial charge on any atom is 0.264 e. The number of nitrogens with zero attached hydrogens (tertiary/aromatic N) is 2. The van der Waals surface area contributed by atoms with Crippen LogP contribution in [-0.2, 0) is 15.1 Å². The summed E-state index contributed by atoms with van der Waals surface area (Å²) in [6.07, 6.45) is 7.64. The van der Waals surface area contributed by atoms with Crippen LogP contribution in [0.4, 0.5) is 0 Å². The number of fused-ring (bicyclic) bond motifs is 4. The Labute approximate surface area is 146 Å². The Balaban J connectivity index is 1.93. The molecule has 1 aromatic rings. The lowest BCUT2D eigenvalue weighted by molar-refractivity contribution is -0.134. The maximum absolute atomic E-state index is 13.2. The molecule has 0 saturated carbocycles. The largest absolute Gasteiger partial charge is 0.497 e. The van der Waals surface area contributed by atoms with Crippen LogP contribution in [0.2, 0.25) is 0 Å². The number of ether oxygens (including phenoxy) is 2. The van der Waals surface area contributed by atoms with Crippen molar-refractivity contribution in [2.75, 3.05) is 21.3 Å².